The highest BCUT2D eigenvalue weighted by Crippen LogP contribution is 2.34. The molecule has 0 unspecified atom stereocenters. The summed E-state index contributed by atoms with van der Waals surface area (Å²) in [5.41, 5.74) is 0.204. The van der Waals surface area contributed by atoms with Crippen LogP contribution in [0.3, 0.4) is 0 Å². The van der Waals surface area contributed by atoms with E-state index in [4.69, 9.17) is 4.74 Å². The average Bonchev–Trinajstić information content (AvgIpc) is 2.98. The largest absolute Gasteiger partial charge is 0.507 e. The van der Waals surface area contributed by atoms with Crippen molar-refractivity contribution in [2.24, 2.45) is 0 Å². The van der Waals surface area contributed by atoms with Gasteiger partial charge < -0.3 is 15.2 Å². The van der Waals surface area contributed by atoms with Gasteiger partial charge in [0.2, 0.25) is 0 Å². The molecule has 1 amide bonds. The van der Waals surface area contributed by atoms with Crippen LogP contribution >= 0.6 is 11.8 Å². The smallest absolute Gasteiger partial charge is 0.322 e. The molecule has 0 saturated heterocycles. The van der Waals surface area contributed by atoms with Gasteiger partial charge in [0.25, 0.3) is 5.91 Å². The molecule has 226 valence electrons. The number of ether oxygens (including phenoxy) is 1. The number of carbonyl (C=O) groups excluding carboxylic acids is 2. The van der Waals surface area contributed by atoms with E-state index in [0.717, 1.165) is 57.1 Å². The molecule has 0 spiro atoms. The number of amides is 1. The van der Waals surface area contributed by atoms with Gasteiger partial charge in [-0.25, -0.2) is 0 Å². The third-order valence-electron chi connectivity index (χ3n) is 6.58. The van der Waals surface area contributed by atoms with Crippen molar-refractivity contribution < 1.29 is 19.4 Å². The summed E-state index contributed by atoms with van der Waals surface area (Å²) in [5, 5.41) is 12.5. The molecular weight excluding hydrogens is 530 g/mol. The molecule has 1 rings (SSSR count). The second-order valence-electron chi connectivity index (χ2n) is 9.66. The summed E-state index contributed by atoms with van der Waals surface area (Å²) in [5.74, 6) is 0.224. The Morgan fingerprint density at radius 3 is 1.95 bits per heavy atom. The zero-order valence-electron chi connectivity index (χ0n) is 25.4. The van der Waals surface area contributed by atoms with E-state index in [1.54, 1.807) is 30.0 Å². The van der Waals surface area contributed by atoms with Crippen LogP contribution in [0, 0.1) is 0 Å². The molecule has 2 N–H and O–H groups in total. The molecule has 0 aliphatic heterocycles. The summed E-state index contributed by atoms with van der Waals surface area (Å²) in [6.45, 7) is 6.49. The van der Waals surface area contributed by atoms with E-state index >= 15 is 0 Å². The van der Waals surface area contributed by atoms with E-state index in [1.165, 1.54) is 6.07 Å². The van der Waals surface area contributed by atoms with Gasteiger partial charge in [0, 0.05) is 0 Å². The van der Waals surface area contributed by atoms with Gasteiger partial charge in [-0.05, 0) is 82.1 Å². The van der Waals surface area contributed by atoms with Gasteiger partial charge in [0.1, 0.15) is 17.1 Å². The number of nitrogens with one attached hydrogen (secondary N) is 1. The van der Waals surface area contributed by atoms with Crippen LogP contribution in [0.25, 0.3) is 0 Å². The van der Waals surface area contributed by atoms with Crippen molar-refractivity contribution in [1.82, 2.24) is 5.32 Å². The van der Waals surface area contributed by atoms with E-state index in [0.29, 0.717) is 12.8 Å². The highest BCUT2D eigenvalue weighted by molar-refractivity contribution is 8.01. The first kappa shape index (κ1) is 36.0. The number of phenols is 1. The van der Waals surface area contributed by atoms with Crippen molar-refractivity contribution in [3.63, 3.8) is 0 Å². The predicted octanol–water partition coefficient (Wildman–Crippen LogP) is 8.88. The number of thioether (sulfide) groups is 1. The molecule has 0 bridgehead atoms. The van der Waals surface area contributed by atoms with Gasteiger partial charge >= 0.3 is 5.97 Å². The van der Waals surface area contributed by atoms with Crippen molar-refractivity contribution >= 4 is 23.6 Å². The summed E-state index contributed by atoms with van der Waals surface area (Å²) in [7, 11) is 0. The Bertz CT molecular complexity index is 1010. The number of para-hydroxylation sites is 1. The fourth-order valence-electron chi connectivity index (χ4n) is 4.00. The molecule has 41 heavy (non-hydrogen) atoms. The number of hydrogen-bond acceptors (Lipinski definition) is 5. The molecule has 0 aliphatic rings. The van der Waals surface area contributed by atoms with Gasteiger partial charge in [-0.1, -0.05) is 93.7 Å². The molecular formula is C35H51NO4S. The second kappa shape index (κ2) is 23.7. The van der Waals surface area contributed by atoms with E-state index in [1.807, 2.05) is 13.8 Å². The number of rotatable bonds is 22. The van der Waals surface area contributed by atoms with E-state index in [-0.39, 0.29) is 30.4 Å². The lowest BCUT2D eigenvalue weighted by Gasteiger charge is -2.28. The first-order chi connectivity index (χ1) is 20.0. The van der Waals surface area contributed by atoms with Gasteiger partial charge in [-0.2, -0.15) is 0 Å². The minimum Gasteiger partial charge on any atom is -0.507 e. The van der Waals surface area contributed by atoms with Gasteiger partial charge in [0.15, 0.2) is 0 Å². The Hall–Kier alpha value is -2.99. The van der Waals surface area contributed by atoms with Crippen LogP contribution in [0.2, 0.25) is 0 Å². The molecule has 1 aromatic rings. The lowest BCUT2D eigenvalue weighted by Crippen LogP contribution is -2.38. The maximum absolute atomic E-state index is 12.9. The summed E-state index contributed by atoms with van der Waals surface area (Å²) >= 11 is 1.68. The van der Waals surface area contributed by atoms with Gasteiger partial charge in [-0.3, -0.25) is 9.59 Å². The summed E-state index contributed by atoms with van der Waals surface area (Å²) in [6, 6.07) is 6.36. The van der Waals surface area contributed by atoms with Gasteiger partial charge in [-0.15, -0.1) is 11.8 Å². The average molecular weight is 582 g/mol. The van der Waals surface area contributed by atoms with E-state index in [9.17, 15) is 14.7 Å². The fraction of sp³-hybridized carbons (Fsp3) is 0.486. The number of phenolic OH excluding ortho intramolecular Hbond substituents is 1. The lowest BCUT2D eigenvalue weighted by atomic mass is 10.0. The van der Waals surface area contributed by atoms with Gasteiger partial charge in [0.05, 0.1) is 12.1 Å². The zero-order chi connectivity index (χ0) is 30.0. The third-order valence-corrected chi connectivity index (χ3v) is 8.37. The Kier molecular flexibility index (Phi) is 20.8. The highest BCUT2D eigenvalue weighted by atomic mass is 32.2. The van der Waals surface area contributed by atoms with E-state index in [2.05, 4.69) is 73.0 Å². The standard InChI is InChI=1S/C35H51NO4S/c1-4-7-8-9-10-11-12-13-14-15-16-17-18-19-20-21-22-25-30-41-35(5-2,6-3)34(39)40-29-28-36-33(38)31-26-23-24-27-32(31)37/h7-8,10-11,13-14,16-17,19-20,23-24,26-27,37H,4-6,9,12,15,18,21-22,25,28-30H2,1-3H3,(H,36,38)/b8-7-,11-10-,14-13-,17-16-,20-19-. The molecule has 0 aromatic heterocycles. The number of esters is 1. The van der Waals surface area contributed by atoms with Crippen molar-refractivity contribution in [1.29, 1.82) is 0 Å². The molecule has 0 fully saturated rings. The Morgan fingerprint density at radius 2 is 1.39 bits per heavy atom. The fourth-order valence-corrected chi connectivity index (χ4v) is 5.33. The van der Waals surface area contributed by atoms with Crippen molar-refractivity contribution in [3.8, 4) is 5.75 Å². The number of unbranched alkanes of at least 4 members (excludes halogenated alkanes) is 2. The molecule has 0 heterocycles. The van der Waals surface area contributed by atoms with Crippen LogP contribution in [0.1, 0.15) is 95.3 Å². The first-order valence-electron chi connectivity index (χ1n) is 15.1. The number of aromatic hydroxyl groups is 1. The number of benzene rings is 1. The predicted molar refractivity (Wildman–Crippen MR) is 175 cm³/mol. The third kappa shape index (κ3) is 16.1. The minimum absolute atomic E-state index is 0.0734. The van der Waals surface area contributed by atoms with Crippen LogP contribution in [0.5, 0.6) is 5.75 Å². The molecule has 5 nitrogen and oxygen atoms in total. The normalized spacial score (nSPS) is 12.5. The zero-order valence-corrected chi connectivity index (χ0v) is 26.2. The molecule has 0 saturated carbocycles. The lowest BCUT2D eigenvalue weighted by molar-refractivity contribution is -0.146. The van der Waals surface area contributed by atoms with Crippen LogP contribution in [-0.4, -0.2) is 40.6 Å². The van der Waals surface area contributed by atoms with Crippen molar-refractivity contribution in [2.75, 3.05) is 18.9 Å². The maximum atomic E-state index is 12.9. The summed E-state index contributed by atoms with van der Waals surface area (Å²) < 4.78 is 4.98. The highest BCUT2D eigenvalue weighted by Gasteiger charge is 2.36. The Balaban J connectivity index is 2.19. The van der Waals surface area contributed by atoms with E-state index < -0.39 is 10.7 Å². The Labute approximate surface area is 252 Å². The quantitative estimate of drug-likeness (QED) is 0.0812. The SMILES string of the molecule is CC/C=C\C/C=C\C/C=C\C/C=C\C/C=C\CCCCSC(CC)(CC)C(=O)OCCNC(=O)c1ccccc1O. The number of hydrogen-bond donors (Lipinski definition) is 2. The van der Waals surface area contributed by atoms with Crippen LogP contribution in [-0.2, 0) is 9.53 Å². The summed E-state index contributed by atoms with van der Waals surface area (Å²) in [6.07, 6.45) is 31.7. The Morgan fingerprint density at radius 1 is 0.829 bits per heavy atom. The van der Waals surface area contributed by atoms with Crippen LogP contribution in [0.15, 0.2) is 85.0 Å². The number of carbonyl (C=O) groups is 2. The van der Waals surface area contributed by atoms with Crippen LogP contribution in [0.4, 0.5) is 0 Å². The molecule has 0 radical (unpaired) electrons. The molecule has 1 aromatic carbocycles. The minimum atomic E-state index is -0.556. The van der Waals surface area contributed by atoms with Crippen LogP contribution < -0.4 is 5.32 Å². The van der Waals surface area contributed by atoms with Crippen molar-refractivity contribution in [3.05, 3.63) is 90.6 Å². The molecule has 0 aliphatic carbocycles. The monoisotopic (exact) mass is 581 g/mol. The summed E-state index contributed by atoms with van der Waals surface area (Å²) in [4.78, 5) is 25.1. The molecule has 0 atom stereocenters. The second-order valence-corrected chi connectivity index (χ2v) is 11.1. The number of allylic oxidation sites excluding steroid dienone is 10. The first-order valence-corrected chi connectivity index (χ1v) is 16.1. The topological polar surface area (TPSA) is 75.6 Å². The molecule has 6 heteroatoms. The maximum Gasteiger partial charge on any atom is 0.322 e. The van der Waals surface area contributed by atoms with Crippen molar-refractivity contribution in [2.45, 2.75) is 89.7 Å².